The molecular weight excluding hydrogens is 320 g/mol. The lowest BCUT2D eigenvalue weighted by Gasteiger charge is -2.26. The van der Waals surface area contributed by atoms with Gasteiger partial charge in [-0.1, -0.05) is 19.8 Å². The Morgan fingerprint density at radius 2 is 1.80 bits per heavy atom. The highest BCUT2D eigenvalue weighted by Gasteiger charge is 2.29. The fourth-order valence-electron chi connectivity index (χ4n) is 2.80. The molecule has 0 heterocycles. The molecule has 0 saturated heterocycles. The zero-order valence-corrected chi connectivity index (χ0v) is 13.8. The summed E-state index contributed by atoms with van der Waals surface area (Å²) in [6.45, 7) is 2.25. The predicted octanol–water partition coefficient (Wildman–Crippen LogP) is 4.48. The zero-order chi connectivity index (χ0) is 14.7. The fraction of sp³-hybridized carbons (Fsp3) is 0.562. The maximum Gasteiger partial charge on any atom is 0.170 e. The molecule has 2 rings (SSSR count). The average Bonchev–Trinajstić information content (AvgIpc) is 2.46. The largest absolute Gasteiger partial charge is 0.497 e. The average molecular weight is 341 g/mol. The van der Waals surface area contributed by atoms with Gasteiger partial charge in [0.2, 0.25) is 0 Å². The number of hydrogen-bond acceptors (Lipinski definition) is 3. The summed E-state index contributed by atoms with van der Waals surface area (Å²) in [6, 6.07) is 3.59. The number of ether oxygens (including phenoxy) is 2. The smallest absolute Gasteiger partial charge is 0.170 e. The van der Waals surface area contributed by atoms with E-state index in [1.807, 2.05) is 6.07 Å². The van der Waals surface area contributed by atoms with Crippen molar-refractivity contribution in [2.24, 2.45) is 11.8 Å². The monoisotopic (exact) mass is 340 g/mol. The third-order valence-electron chi connectivity index (χ3n) is 4.12. The molecule has 110 valence electrons. The van der Waals surface area contributed by atoms with Crippen molar-refractivity contribution in [1.29, 1.82) is 0 Å². The number of Topliss-reactive ketones (excluding diaryl/α,β-unsaturated/α-hetero) is 1. The Morgan fingerprint density at radius 3 is 2.35 bits per heavy atom. The number of rotatable bonds is 4. The van der Waals surface area contributed by atoms with Gasteiger partial charge in [0.05, 0.1) is 19.8 Å². The van der Waals surface area contributed by atoms with Gasteiger partial charge in [-0.3, -0.25) is 4.79 Å². The van der Waals surface area contributed by atoms with Gasteiger partial charge in [0.15, 0.2) is 5.78 Å². The summed E-state index contributed by atoms with van der Waals surface area (Å²) in [4.78, 5) is 12.8. The molecule has 1 aromatic rings. The highest BCUT2D eigenvalue weighted by atomic mass is 79.9. The summed E-state index contributed by atoms with van der Waals surface area (Å²) in [6.07, 6.45) is 4.21. The van der Waals surface area contributed by atoms with E-state index in [4.69, 9.17) is 9.47 Å². The van der Waals surface area contributed by atoms with Gasteiger partial charge in [-0.05, 0) is 40.8 Å². The molecule has 0 aromatic heterocycles. The Kier molecular flexibility index (Phi) is 5.08. The molecule has 4 heteroatoms. The lowest BCUT2D eigenvalue weighted by atomic mass is 9.79. The Labute approximate surface area is 128 Å². The number of ketones is 1. The molecule has 0 aliphatic heterocycles. The third-order valence-corrected chi connectivity index (χ3v) is 4.74. The van der Waals surface area contributed by atoms with E-state index < -0.39 is 0 Å². The number of hydrogen-bond donors (Lipinski definition) is 0. The Bertz CT molecular complexity index is 491. The first-order chi connectivity index (χ1) is 9.56. The van der Waals surface area contributed by atoms with Crippen LogP contribution in [0.2, 0.25) is 0 Å². The first kappa shape index (κ1) is 15.4. The molecule has 1 fully saturated rings. The van der Waals surface area contributed by atoms with Crippen LogP contribution in [0.25, 0.3) is 0 Å². The Hall–Kier alpha value is -1.03. The highest BCUT2D eigenvalue weighted by Crippen LogP contribution is 2.37. The van der Waals surface area contributed by atoms with Gasteiger partial charge in [-0.2, -0.15) is 0 Å². The lowest BCUT2D eigenvalue weighted by Crippen LogP contribution is -2.21. The van der Waals surface area contributed by atoms with Crippen molar-refractivity contribution in [3.05, 3.63) is 22.2 Å². The van der Waals surface area contributed by atoms with Crippen molar-refractivity contribution in [3.8, 4) is 11.5 Å². The number of carbonyl (C=O) groups is 1. The molecule has 0 N–H and O–H groups in total. The van der Waals surface area contributed by atoms with E-state index in [-0.39, 0.29) is 11.7 Å². The molecule has 0 amide bonds. The van der Waals surface area contributed by atoms with Crippen LogP contribution in [0.15, 0.2) is 16.6 Å². The molecule has 0 radical (unpaired) electrons. The van der Waals surface area contributed by atoms with Crippen LogP contribution in [0, 0.1) is 11.8 Å². The number of carbonyl (C=O) groups excluding carboxylic acids is 1. The summed E-state index contributed by atoms with van der Waals surface area (Å²) in [5.41, 5.74) is 0.646. The van der Waals surface area contributed by atoms with Gasteiger partial charge in [-0.25, -0.2) is 0 Å². The lowest BCUT2D eigenvalue weighted by molar-refractivity contribution is 0.0871. The van der Waals surface area contributed by atoms with Gasteiger partial charge in [0, 0.05) is 16.5 Å². The molecule has 0 bridgehead atoms. The second-order valence-electron chi connectivity index (χ2n) is 5.51. The molecule has 20 heavy (non-hydrogen) atoms. The summed E-state index contributed by atoms with van der Waals surface area (Å²) in [7, 11) is 3.19. The van der Waals surface area contributed by atoms with Crippen molar-refractivity contribution in [2.75, 3.05) is 14.2 Å². The minimum absolute atomic E-state index is 0.116. The van der Waals surface area contributed by atoms with Gasteiger partial charge in [-0.15, -0.1) is 0 Å². The summed E-state index contributed by atoms with van der Waals surface area (Å²) >= 11 is 3.48. The molecule has 3 nitrogen and oxygen atoms in total. The van der Waals surface area contributed by atoms with Crippen molar-refractivity contribution in [2.45, 2.75) is 32.6 Å². The molecule has 1 saturated carbocycles. The van der Waals surface area contributed by atoms with Crippen LogP contribution in [0.5, 0.6) is 11.5 Å². The molecule has 1 aliphatic rings. The standard InChI is InChI=1S/C16H21BrO3/c1-10-4-6-11(7-5-10)16(18)15-13(17)8-12(19-2)9-14(15)20-3/h8-11H,4-7H2,1-3H3. The van der Waals surface area contributed by atoms with E-state index in [1.165, 1.54) is 0 Å². The van der Waals surface area contributed by atoms with Crippen LogP contribution in [0.1, 0.15) is 43.0 Å². The van der Waals surface area contributed by atoms with Gasteiger partial charge in [0.25, 0.3) is 0 Å². The van der Waals surface area contributed by atoms with E-state index in [9.17, 15) is 4.79 Å². The molecular formula is C16H21BrO3. The molecule has 0 atom stereocenters. The van der Waals surface area contributed by atoms with Gasteiger partial charge >= 0.3 is 0 Å². The van der Waals surface area contributed by atoms with E-state index in [2.05, 4.69) is 22.9 Å². The van der Waals surface area contributed by atoms with Crippen LogP contribution in [-0.2, 0) is 0 Å². The van der Waals surface area contributed by atoms with Crippen LogP contribution >= 0.6 is 15.9 Å². The first-order valence-electron chi connectivity index (χ1n) is 7.02. The van der Waals surface area contributed by atoms with Gasteiger partial charge in [0.1, 0.15) is 11.5 Å². The summed E-state index contributed by atoms with van der Waals surface area (Å²) in [5, 5.41) is 0. The van der Waals surface area contributed by atoms with Crippen molar-refractivity contribution >= 4 is 21.7 Å². The van der Waals surface area contributed by atoms with E-state index >= 15 is 0 Å². The topological polar surface area (TPSA) is 35.5 Å². The van der Waals surface area contributed by atoms with Crippen LogP contribution in [0.4, 0.5) is 0 Å². The van der Waals surface area contributed by atoms with Crippen molar-refractivity contribution in [3.63, 3.8) is 0 Å². The van der Waals surface area contributed by atoms with Crippen LogP contribution < -0.4 is 9.47 Å². The quantitative estimate of drug-likeness (QED) is 0.758. The SMILES string of the molecule is COc1cc(Br)c(C(=O)C2CCC(C)CC2)c(OC)c1. The second-order valence-corrected chi connectivity index (χ2v) is 6.36. The third kappa shape index (κ3) is 3.17. The minimum Gasteiger partial charge on any atom is -0.497 e. The van der Waals surface area contributed by atoms with Crippen LogP contribution in [0.3, 0.4) is 0 Å². The Balaban J connectivity index is 2.29. The normalized spacial score (nSPS) is 22.4. The van der Waals surface area contributed by atoms with Gasteiger partial charge < -0.3 is 9.47 Å². The number of benzene rings is 1. The predicted molar refractivity (Wildman–Crippen MR) is 82.7 cm³/mol. The van der Waals surface area contributed by atoms with Crippen molar-refractivity contribution in [1.82, 2.24) is 0 Å². The first-order valence-corrected chi connectivity index (χ1v) is 7.81. The second kappa shape index (κ2) is 6.61. The highest BCUT2D eigenvalue weighted by molar-refractivity contribution is 9.10. The summed E-state index contributed by atoms with van der Waals surface area (Å²) in [5.74, 6) is 2.30. The van der Waals surface area contributed by atoms with E-state index in [1.54, 1.807) is 20.3 Å². The van der Waals surface area contributed by atoms with E-state index in [0.717, 1.165) is 36.1 Å². The molecule has 1 aromatic carbocycles. The molecule has 0 spiro atoms. The number of methoxy groups -OCH3 is 2. The zero-order valence-electron chi connectivity index (χ0n) is 12.2. The maximum absolute atomic E-state index is 12.8. The summed E-state index contributed by atoms with van der Waals surface area (Å²) < 4.78 is 11.3. The van der Waals surface area contributed by atoms with E-state index in [0.29, 0.717) is 17.1 Å². The molecule has 1 aliphatic carbocycles. The Morgan fingerprint density at radius 1 is 1.15 bits per heavy atom. The van der Waals surface area contributed by atoms with Crippen molar-refractivity contribution < 1.29 is 14.3 Å². The van der Waals surface area contributed by atoms with Crippen LogP contribution in [-0.4, -0.2) is 20.0 Å². The fourth-order valence-corrected chi connectivity index (χ4v) is 3.42. The molecule has 0 unspecified atom stereocenters. The minimum atomic E-state index is 0.116. The number of halogens is 1. The maximum atomic E-state index is 12.8.